The van der Waals surface area contributed by atoms with Crippen LogP contribution in [0.4, 0.5) is 5.69 Å². The second-order valence-electron chi connectivity index (χ2n) is 7.53. The summed E-state index contributed by atoms with van der Waals surface area (Å²) in [6.07, 6.45) is 3.17. The molecule has 1 aromatic rings. The molecule has 1 aliphatic heterocycles. The van der Waals surface area contributed by atoms with Gasteiger partial charge in [0.05, 0.1) is 13.2 Å². The molecule has 6 heteroatoms. The lowest BCUT2D eigenvalue weighted by Crippen LogP contribution is -2.43. The monoisotopic (exact) mass is 373 g/mol. The molecule has 6 nitrogen and oxygen atoms in total. The van der Waals surface area contributed by atoms with E-state index in [2.05, 4.69) is 10.2 Å². The first-order valence-electron chi connectivity index (χ1n) is 10.1. The Morgan fingerprint density at radius 2 is 1.70 bits per heavy atom. The fourth-order valence-corrected chi connectivity index (χ4v) is 3.96. The Balaban J connectivity index is 1.38. The van der Waals surface area contributed by atoms with E-state index >= 15 is 0 Å². The lowest BCUT2D eigenvalue weighted by atomic mass is 9.81. The molecule has 0 unspecified atom stereocenters. The molecule has 1 saturated heterocycles. The maximum absolute atomic E-state index is 12.7. The minimum atomic E-state index is 0.0209. The van der Waals surface area contributed by atoms with Gasteiger partial charge in [-0.1, -0.05) is 18.2 Å². The number of carbonyl (C=O) groups is 2. The standard InChI is InChI=1S/C21H31N3O3/c1-23(19-5-3-2-4-6-19)21(26)18-9-7-17(8-10-18)20(25)22-11-12-24-13-15-27-16-14-24/h2-6,17-18H,7-16H2,1H3,(H,22,25). The summed E-state index contributed by atoms with van der Waals surface area (Å²) in [5, 5.41) is 3.08. The first-order chi connectivity index (χ1) is 13.1. The van der Waals surface area contributed by atoms with Crippen LogP contribution in [0.15, 0.2) is 30.3 Å². The van der Waals surface area contributed by atoms with E-state index in [1.54, 1.807) is 4.90 Å². The van der Waals surface area contributed by atoms with Gasteiger partial charge in [-0.2, -0.15) is 0 Å². The number of benzene rings is 1. The third-order valence-electron chi connectivity index (χ3n) is 5.75. The van der Waals surface area contributed by atoms with Gasteiger partial charge in [0.1, 0.15) is 0 Å². The maximum Gasteiger partial charge on any atom is 0.229 e. The highest BCUT2D eigenvalue weighted by atomic mass is 16.5. The Kier molecular flexibility index (Phi) is 7.24. The van der Waals surface area contributed by atoms with Gasteiger partial charge in [-0.15, -0.1) is 0 Å². The summed E-state index contributed by atoms with van der Waals surface area (Å²) in [5.74, 6) is 0.367. The fourth-order valence-electron chi connectivity index (χ4n) is 3.96. The number of para-hydroxylation sites is 1. The van der Waals surface area contributed by atoms with Crippen LogP contribution < -0.4 is 10.2 Å². The van der Waals surface area contributed by atoms with E-state index in [0.717, 1.165) is 64.2 Å². The van der Waals surface area contributed by atoms with Crippen LogP contribution in [0.25, 0.3) is 0 Å². The number of hydrogen-bond donors (Lipinski definition) is 1. The number of carbonyl (C=O) groups excluding carboxylic acids is 2. The van der Waals surface area contributed by atoms with Crippen molar-refractivity contribution < 1.29 is 14.3 Å². The SMILES string of the molecule is CN(C(=O)C1CCC(C(=O)NCCN2CCOCC2)CC1)c1ccccc1. The van der Waals surface area contributed by atoms with Gasteiger partial charge in [-0.05, 0) is 37.8 Å². The minimum Gasteiger partial charge on any atom is -0.379 e. The zero-order valence-corrected chi connectivity index (χ0v) is 16.2. The molecule has 2 aliphatic rings. The predicted molar refractivity (Wildman–Crippen MR) is 106 cm³/mol. The molecule has 2 fully saturated rings. The number of ether oxygens (including phenoxy) is 1. The summed E-state index contributed by atoms with van der Waals surface area (Å²) in [6, 6.07) is 9.73. The van der Waals surface area contributed by atoms with Crippen LogP contribution in [0, 0.1) is 11.8 Å². The van der Waals surface area contributed by atoms with Crippen LogP contribution in [0.5, 0.6) is 0 Å². The molecule has 1 heterocycles. The molecular formula is C21H31N3O3. The molecule has 0 radical (unpaired) electrons. The summed E-state index contributed by atoms with van der Waals surface area (Å²) in [6.45, 7) is 5.02. The number of nitrogens with zero attached hydrogens (tertiary/aromatic N) is 2. The smallest absolute Gasteiger partial charge is 0.229 e. The molecule has 0 aromatic heterocycles. The highest BCUT2D eigenvalue weighted by Gasteiger charge is 2.31. The molecule has 1 aliphatic carbocycles. The van der Waals surface area contributed by atoms with Gasteiger partial charge < -0.3 is 15.0 Å². The van der Waals surface area contributed by atoms with Crippen LogP contribution >= 0.6 is 0 Å². The van der Waals surface area contributed by atoms with Crippen molar-refractivity contribution in [2.45, 2.75) is 25.7 Å². The van der Waals surface area contributed by atoms with Gasteiger partial charge in [-0.3, -0.25) is 14.5 Å². The van der Waals surface area contributed by atoms with E-state index in [-0.39, 0.29) is 23.7 Å². The molecular weight excluding hydrogens is 342 g/mol. The molecule has 3 rings (SSSR count). The minimum absolute atomic E-state index is 0.0209. The number of amides is 2. The van der Waals surface area contributed by atoms with E-state index in [0.29, 0.717) is 6.54 Å². The number of nitrogens with one attached hydrogen (secondary N) is 1. The van der Waals surface area contributed by atoms with Crippen molar-refractivity contribution in [2.24, 2.45) is 11.8 Å². The van der Waals surface area contributed by atoms with Crippen LogP contribution in [-0.2, 0) is 14.3 Å². The summed E-state index contributed by atoms with van der Waals surface area (Å²) in [5.41, 5.74) is 0.922. The van der Waals surface area contributed by atoms with E-state index in [1.165, 1.54) is 0 Å². The van der Waals surface area contributed by atoms with Gasteiger partial charge in [0, 0.05) is 50.7 Å². The molecule has 148 valence electrons. The van der Waals surface area contributed by atoms with Gasteiger partial charge in [0.2, 0.25) is 11.8 Å². The van der Waals surface area contributed by atoms with Crippen LogP contribution in [-0.4, -0.2) is 63.2 Å². The Labute approximate surface area is 161 Å². The van der Waals surface area contributed by atoms with Gasteiger partial charge in [0.15, 0.2) is 0 Å². The number of rotatable bonds is 6. The molecule has 1 aromatic carbocycles. The number of anilines is 1. The van der Waals surface area contributed by atoms with E-state index in [1.807, 2.05) is 37.4 Å². The molecule has 0 spiro atoms. The van der Waals surface area contributed by atoms with Crippen LogP contribution in [0.2, 0.25) is 0 Å². The molecule has 1 saturated carbocycles. The van der Waals surface area contributed by atoms with Crippen molar-refractivity contribution in [3.63, 3.8) is 0 Å². The lowest BCUT2D eigenvalue weighted by Gasteiger charge is -2.30. The maximum atomic E-state index is 12.7. The van der Waals surface area contributed by atoms with Crippen molar-refractivity contribution in [2.75, 3.05) is 51.3 Å². The Bertz CT molecular complexity index is 608. The van der Waals surface area contributed by atoms with Crippen molar-refractivity contribution in [3.8, 4) is 0 Å². The third kappa shape index (κ3) is 5.53. The summed E-state index contributed by atoms with van der Waals surface area (Å²) in [4.78, 5) is 29.2. The highest BCUT2D eigenvalue weighted by molar-refractivity contribution is 5.94. The largest absolute Gasteiger partial charge is 0.379 e. The highest BCUT2D eigenvalue weighted by Crippen LogP contribution is 2.31. The quantitative estimate of drug-likeness (QED) is 0.827. The average Bonchev–Trinajstić information content (AvgIpc) is 2.74. The van der Waals surface area contributed by atoms with Crippen LogP contribution in [0.1, 0.15) is 25.7 Å². The van der Waals surface area contributed by atoms with Gasteiger partial charge in [0.25, 0.3) is 0 Å². The Morgan fingerprint density at radius 3 is 2.37 bits per heavy atom. The Morgan fingerprint density at radius 1 is 1.07 bits per heavy atom. The van der Waals surface area contributed by atoms with Crippen molar-refractivity contribution in [1.29, 1.82) is 0 Å². The molecule has 0 atom stereocenters. The zero-order valence-electron chi connectivity index (χ0n) is 16.2. The topological polar surface area (TPSA) is 61.9 Å². The molecule has 2 amide bonds. The van der Waals surface area contributed by atoms with Crippen molar-refractivity contribution >= 4 is 17.5 Å². The molecule has 1 N–H and O–H groups in total. The van der Waals surface area contributed by atoms with E-state index in [4.69, 9.17) is 4.74 Å². The third-order valence-corrected chi connectivity index (χ3v) is 5.75. The summed E-state index contributed by atoms with van der Waals surface area (Å²) >= 11 is 0. The second kappa shape index (κ2) is 9.85. The second-order valence-corrected chi connectivity index (χ2v) is 7.53. The summed E-state index contributed by atoms with van der Waals surface area (Å²) < 4.78 is 5.34. The van der Waals surface area contributed by atoms with E-state index in [9.17, 15) is 9.59 Å². The average molecular weight is 373 g/mol. The lowest BCUT2D eigenvalue weighted by molar-refractivity contribution is -0.129. The predicted octanol–water partition coefficient (Wildman–Crippen LogP) is 1.90. The van der Waals surface area contributed by atoms with Gasteiger partial charge >= 0.3 is 0 Å². The molecule has 0 bridgehead atoms. The fraction of sp³-hybridized carbons (Fsp3) is 0.619. The normalized spacial score (nSPS) is 23.6. The number of hydrogen-bond acceptors (Lipinski definition) is 4. The zero-order chi connectivity index (χ0) is 19.1. The number of morpholine rings is 1. The van der Waals surface area contributed by atoms with Crippen LogP contribution in [0.3, 0.4) is 0 Å². The van der Waals surface area contributed by atoms with E-state index < -0.39 is 0 Å². The molecule has 27 heavy (non-hydrogen) atoms. The van der Waals surface area contributed by atoms with Gasteiger partial charge in [-0.25, -0.2) is 0 Å². The first-order valence-corrected chi connectivity index (χ1v) is 10.1. The van der Waals surface area contributed by atoms with Crippen molar-refractivity contribution in [3.05, 3.63) is 30.3 Å². The first kappa shape index (κ1) is 19.8. The summed E-state index contributed by atoms with van der Waals surface area (Å²) in [7, 11) is 1.84. The Hall–Kier alpha value is -1.92. The van der Waals surface area contributed by atoms with Crippen molar-refractivity contribution in [1.82, 2.24) is 10.2 Å².